The molecule has 5 heteroatoms. The van der Waals surface area contributed by atoms with E-state index in [9.17, 15) is 4.79 Å². The fraction of sp³-hybridized carbons (Fsp3) is 0.231. The predicted molar refractivity (Wildman–Crippen MR) is 69.8 cm³/mol. The Hall–Kier alpha value is -1.88. The highest BCUT2D eigenvalue weighted by Gasteiger charge is 2.17. The van der Waals surface area contributed by atoms with E-state index in [0.29, 0.717) is 21.9 Å². The van der Waals surface area contributed by atoms with Crippen LogP contribution < -0.4 is 9.47 Å². The zero-order valence-electron chi connectivity index (χ0n) is 10.4. The van der Waals surface area contributed by atoms with Crippen molar-refractivity contribution < 1.29 is 14.3 Å². The molecule has 0 fully saturated rings. The molecule has 0 bridgehead atoms. The van der Waals surface area contributed by atoms with Gasteiger partial charge in [-0.1, -0.05) is 0 Å². The molecule has 0 unspecified atom stereocenters. The van der Waals surface area contributed by atoms with Gasteiger partial charge in [-0.3, -0.25) is 4.79 Å². The smallest absolute Gasteiger partial charge is 0.208 e. The van der Waals surface area contributed by atoms with E-state index >= 15 is 0 Å². The molecular formula is C13H13NO3S. The summed E-state index contributed by atoms with van der Waals surface area (Å²) in [6.45, 7) is 1.87. The fourth-order valence-electron chi connectivity index (χ4n) is 1.59. The molecule has 1 aromatic heterocycles. The van der Waals surface area contributed by atoms with Crippen molar-refractivity contribution in [3.05, 3.63) is 39.8 Å². The van der Waals surface area contributed by atoms with Gasteiger partial charge in [-0.05, 0) is 25.1 Å². The Bertz CT molecular complexity index is 577. The van der Waals surface area contributed by atoms with Crippen molar-refractivity contribution in [1.82, 2.24) is 4.98 Å². The first-order chi connectivity index (χ1) is 8.65. The molecule has 0 aliphatic rings. The fourth-order valence-corrected chi connectivity index (χ4v) is 2.32. The van der Waals surface area contributed by atoms with Crippen LogP contribution in [0.25, 0.3) is 0 Å². The first-order valence-corrected chi connectivity index (χ1v) is 6.16. The lowest BCUT2D eigenvalue weighted by atomic mass is 10.1. The van der Waals surface area contributed by atoms with Gasteiger partial charge in [-0.25, -0.2) is 4.98 Å². The maximum Gasteiger partial charge on any atom is 0.208 e. The van der Waals surface area contributed by atoms with E-state index in [-0.39, 0.29) is 5.78 Å². The minimum Gasteiger partial charge on any atom is -0.497 e. The van der Waals surface area contributed by atoms with Gasteiger partial charge in [0.05, 0.1) is 29.7 Å². The van der Waals surface area contributed by atoms with E-state index in [1.807, 2.05) is 6.92 Å². The third kappa shape index (κ3) is 2.36. The summed E-state index contributed by atoms with van der Waals surface area (Å²) >= 11 is 1.37. The Morgan fingerprint density at radius 1 is 1.28 bits per heavy atom. The van der Waals surface area contributed by atoms with Crippen LogP contribution in [-0.2, 0) is 0 Å². The monoisotopic (exact) mass is 263 g/mol. The molecule has 0 aliphatic heterocycles. The van der Waals surface area contributed by atoms with Gasteiger partial charge in [-0.15, -0.1) is 11.3 Å². The van der Waals surface area contributed by atoms with Crippen LogP contribution in [0.1, 0.15) is 20.2 Å². The lowest BCUT2D eigenvalue weighted by molar-refractivity contribution is 0.103. The van der Waals surface area contributed by atoms with Crippen molar-refractivity contribution in [2.45, 2.75) is 6.92 Å². The number of aromatic nitrogens is 1. The minimum absolute atomic E-state index is 0.101. The highest BCUT2D eigenvalue weighted by Crippen LogP contribution is 2.27. The molecule has 1 aromatic carbocycles. The number of hydrogen-bond acceptors (Lipinski definition) is 5. The molecule has 18 heavy (non-hydrogen) atoms. The second-order valence-electron chi connectivity index (χ2n) is 3.64. The van der Waals surface area contributed by atoms with Crippen molar-refractivity contribution in [3.63, 3.8) is 0 Å². The van der Waals surface area contributed by atoms with Crippen LogP contribution in [0.4, 0.5) is 0 Å². The second-order valence-corrected chi connectivity index (χ2v) is 4.87. The zero-order valence-corrected chi connectivity index (χ0v) is 11.2. The topological polar surface area (TPSA) is 48.4 Å². The molecule has 2 aromatic rings. The van der Waals surface area contributed by atoms with Crippen molar-refractivity contribution >= 4 is 17.1 Å². The Morgan fingerprint density at radius 2 is 2.06 bits per heavy atom. The summed E-state index contributed by atoms with van der Waals surface area (Å²) in [5.41, 5.74) is 0.487. The molecule has 0 amide bonds. The van der Waals surface area contributed by atoms with E-state index in [0.717, 1.165) is 5.01 Å². The van der Waals surface area contributed by atoms with Crippen LogP contribution in [-0.4, -0.2) is 25.0 Å². The van der Waals surface area contributed by atoms with E-state index in [2.05, 4.69) is 4.98 Å². The molecule has 0 saturated carbocycles. The van der Waals surface area contributed by atoms with Gasteiger partial charge >= 0.3 is 0 Å². The standard InChI is InChI=1S/C13H13NO3S/c1-8-14-7-12(18-8)13(15)10-6-9(16-2)4-5-11(10)17-3/h4-7H,1-3H3. The van der Waals surface area contributed by atoms with Crippen molar-refractivity contribution in [2.75, 3.05) is 14.2 Å². The number of thiazole rings is 1. The van der Waals surface area contributed by atoms with Crippen LogP contribution >= 0.6 is 11.3 Å². The molecule has 0 spiro atoms. The minimum atomic E-state index is -0.101. The molecule has 0 aliphatic carbocycles. The molecule has 94 valence electrons. The number of hydrogen-bond donors (Lipinski definition) is 0. The molecule has 4 nitrogen and oxygen atoms in total. The van der Waals surface area contributed by atoms with Crippen molar-refractivity contribution in [3.8, 4) is 11.5 Å². The van der Waals surface area contributed by atoms with Crippen LogP contribution in [0.3, 0.4) is 0 Å². The highest BCUT2D eigenvalue weighted by molar-refractivity contribution is 7.13. The van der Waals surface area contributed by atoms with Crippen LogP contribution in [0.5, 0.6) is 11.5 Å². The van der Waals surface area contributed by atoms with Crippen molar-refractivity contribution in [2.24, 2.45) is 0 Å². The second kappa shape index (κ2) is 5.18. The van der Waals surface area contributed by atoms with Gasteiger partial charge in [0, 0.05) is 6.20 Å². The number of carbonyl (C=O) groups is 1. The Balaban J connectivity index is 2.45. The average Bonchev–Trinajstić information content (AvgIpc) is 2.83. The predicted octanol–water partition coefficient (Wildman–Crippen LogP) is 2.70. The SMILES string of the molecule is COc1ccc(OC)c(C(=O)c2cnc(C)s2)c1. The normalized spacial score (nSPS) is 10.2. The van der Waals surface area contributed by atoms with E-state index < -0.39 is 0 Å². The van der Waals surface area contributed by atoms with Gasteiger partial charge in [0.2, 0.25) is 5.78 Å². The lowest BCUT2D eigenvalue weighted by Gasteiger charge is -2.08. The Labute approximate surface area is 109 Å². The summed E-state index contributed by atoms with van der Waals surface area (Å²) in [6, 6.07) is 5.16. The number of carbonyl (C=O) groups excluding carboxylic acids is 1. The number of benzene rings is 1. The quantitative estimate of drug-likeness (QED) is 0.796. The summed E-state index contributed by atoms with van der Waals surface area (Å²) < 4.78 is 10.3. The number of rotatable bonds is 4. The van der Waals surface area contributed by atoms with Crippen LogP contribution in [0.2, 0.25) is 0 Å². The molecule has 0 saturated heterocycles. The average molecular weight is 263 g/mol. The third-order valence-corrected chi connectivity index (χ3v) is 3.41. The lowest BCUT2D eigenvalue weighted by Crippen LogP contribution is -2.02. The first-order valence-electron chi connectivity index (χ1n) is 5.35. The maximum atomic E-state index is 12.3. The molecule has 1 heterocycles. The summed E-state index contributed by atoms with van der Waals surface area (Å²) in [7, 11) is 3.10. The third-order valence-electron chi connectivity index (χ3n) is 2.50. The number of nitrogens with zero attached hydrogens (tertiary/aromatic N) is 1. The zero-order chi connectivity index (χ0) is 13.1. The van der Waals surface area contributed by atoms with Gasteiger partial charge in [0.1, 0.15) is 11.5 Å². The van der Waals surface area contributed by atoms with E-state index in [1.54, 1.807) is 31.5 Å². The first kappa shape index (κ1) is 12.6. The van der Waals surface area contributed by atoms with E-state index in [4.69, 9.17) is 9.47 Å². The van der Waals surface area contributed by atoms with Gasteiger partial charge in [0.25, 0.3) is 0 Å². The number of ether oxygens (including phenoxy) is 2. The molecule has 2 rings (SSSR count). The summed E-state index contributed by atoms with van der Waals surface area (Å²) in [5.74, 6) is 1.06. The van der Waals surface area contributed by atoms with Crippen LogP contribution in [0.15, 0.2) is 24.4 Å². The molecule has 0 N–H and O–H groups in total. The summed E-state index contributed by atoms with van der Waals surface area (Å²) in [4.78, 5) is 17.0. The number of methoxy groups -OCH3 is 2. The Kier molecular flexibility index (Phi) is 3.62. The Morgan fingerprint density at radius 3 is 2.61 bits per heavy atom. The van der Waals surface area contributed by atoms with E-state index in [1.165, 1.54) is 18.4 Å². The largest absolute Gasteiger partial charge is 0.497 e. The maximum absolute atomic E-state index is 12.3. The molecule has 0 radical (unpaired) electrons. The molecule has 0 atom stereocenters. The van der Waals surface area contributed by atoms with Crippen molar-refractivity contribution in [1.29, 1.82) is 0 Å². The van der Waals surface area contributed by atoms with Gasteiger partial charge in [-0.2, -0.15) is 0 Å². The highest BCUT2D eigenvalue weighted by atomic mass is 32.1. The number of ketones is 1. The van der Waals surface area contributed by atoms with Crippen LogP contribution in [0, 0.1) is 6.92 Å². The van der Waals surface area contributed by atoms with Gasteiger partial charge < -0.3 is 9.47 Å². The van der Waals surface area contributed by atoms with Gasteiger partial charge in [0.15, 0.2) is 0 Å². The summed E-state index contributed by atoms with van der Waals surface area (Å²) in [6.07, 6.45) is 1.58. The molecular weight excluding hydrogens is 250 g/mol. The number of aryl methyl sites for hydroxylation is 1. The summed E-state index contributed by atoms with van der Waals surface area (Å²) in [5, 5.41) is 0.861.